The Kier molecular flexibility index (Phi) is 4.33. The third-order valence-electron chi connectivity index (χ3n) is 0.738. The van der Waals surface area contributed by atoms with Crippen LogP contribution in [0.4, 0.5) is 0 Å². The van der Waals surface area contributed by atoms with Gasteiger partial charge in [0.2, 0.25) is 10.0 Å². The predicted molar refractivity (Wildman–Crippen MR) is 45.5 cm³/mol. The molecule has 0 aromatic carbocycles. The fraction of sp³-hybridized carbons (Fsp3) is 0.400. The van der Waals surface area contributed by atoms with E-state index in [-0.39, 0.29) is 6.54 Å². The highest BCUT2D eigenvalue weighted by molar-refractivity contribution is 9.11. The number of nitrogens with zero attached hydrogens (tertiary/aromatic N) is 1. The zero-order chi connectivity index (χ0) is 8.91. The van der Waals surface area contributed by atoms with Crippen LogP contribution in [-0.2, 0) is 10.0 Å². The highest BCUT2D eigenvalue weighted by atomic mass is 79.9. The molecule has 0 bridgehead atoms. The second kappa shape index (κ2) is 4.49. The largest absolute Gasteiger partial charge is 0.225 e. The van der Waals surface area contributed by atoms with Gasteiger partial charge in [-0.3, -0.25) is 0 Å². The average molecular weight is 239 g/mol. The summed E-state index contributed by atoms with van der Waals surface area (Å²) in [5, 5.41) is 8.06. The number of nitrogens with one attached hydrogen (secondary N) is 1. The van der Waals surface area contributed by atoms with E-state index < -0.39 is 15.8 Å². The van der Waals surface area contributed by atoms with Gasteiger partial charge in [0.1, 0.15) is 0 Å². The normalized spacial score (nSPS) is 10.5. The van der Waals surface area contributed by atoms with Crippen LogP contribution in [-0.4, -0.2) is 20.7 Å². The van der Waals surface area contributed by atoms with Crippen LogP contribution in [0.5, 0.6) is 0 Å². The summed E-state index contributed by atoms with van der Waals surface area (Å²) in [6.07, 6.45) is 0. The first-order valence-corrected chi connectivity index (χ1v) is 5.10. The molecule has 0 saturated carbocycles. The fourth-order valence-corrected chi connectivity index (χ4v) is 1.32. The number of hydrogen-bond acceptors (Lipinski definition) is 3. The Bertz CT molecular complexity index is 277. The monoisotopic (exact) mass is 238 g/mol. The van der Waals surface area contributed by atoms with Crippen molar-refractivity contribution in [3.05, 3.63) is 11.1 Å². The van der Waals surface area contributed by atoms with Gasteiger partial charge in [-0.05, 0) is 0 Å². The summed E-state index contributed by atoms with van der Waals surface area (Å²) in [5.74, 6) is -0.521. The minimum absolute atomic E-state index is 0.115. The van der Waals surface area contributed by atoms with Crippen LogP contribution in [0.2, 0.25) is 0 Å². The van der Waals surface area contributed by atoms with Crippen molar-refractivity contribution in [3.8, 4) is 6.07 Å². The van der Waals surface area contributed by atoms with Crippen molar-refractivity contribution in [1.82, 2.24) is 4.72 Å². The minimum Gasteiger partial charge on any atom is -0.211 e. The molecule has 0 saturated heterocycles. The van der Waals surface area contributed by atoms with Gasteiger partial charge in [-0.25, -0.2) is 13.1 Å². The molecule has 0 amide bonds. The maximum absolute atomic E-state index is 10.7. The number of hydrogen-bond donors (Lipinski definition) is 1. The van der Waals surface area contributed by atoms with Crippen molar-refractivity contribution < 1.29 is 8.42 Å². The molecule has 0 aliphatic carbocycles. The standard InChI is InChI=1S/C5H7BrN2O2S/c1-5(6)4-8-11(9,10)3-2-7/h8H,1,3-4H2. The van der Waals surface area contributed by atoms with Gasteiger partial charge in [0.15, 0.2) is 5.75 Å². The molecule has 0 radical (unpaired) electrons. The first kappa shape index (κ1) is 10.6. The van der Waals surface area contributed by atoms with Crippen molar-refractivity contribution in [2.45, 2.75) is 0 Å². The maximum Gasteiger partial charge on any atom is 0.225 e. The minimum atomic E-state index is -3.43. The fourth-order valence-electron chi connectivity index (χ4n) is 0.324. The molecule has 0 aliphatic heterocycles. The predicted octanol–water partition coefficient (Wildman–Crippen LogP) is 0.338. The molecule has 6 heteroatoms. The van der Waals surface area contributed by atoms with Crippen molar-refractivity contribution in [1.29, 1.82) is 5.26 Å². The van der Waals surface area contributed by atoms with Gasteiger partial charge in [-0.1, -0.05) is 22.5 Å². The highest BCUT2D eigenvalue weighted by Crippen LogP contribution is 1.97. The average Bonchev–Trinajstić information content (AvgIpc) is 1.84. The Hall–Kier alpha value is -0.380. The van der Waals surface area contributed by atoms with Crippen molar-refractivity contribution in [2.24, 2.45) is 0 Å². The second-order valence-electron chi connectivity index (χ2n) is 1.76. The van der Waals surface area contributed by atoms with Crippen LogP contribution < -0.4 is 4.72 Å². The molecule has 4 nitrogen and oxygen atoms in total. The molecule has 11 heavy (non-hydrogen) atoms. The summed E-state index contributed by atoms with van der Waals surface area (Å²) in [6.45, 7) is 3.54. The summed E-state index contributed by atoms with van der Waals surface area (Å²) in [5.41, 5.74) is 0. The van der Waals surface area contributed by atoms with E-state index in [0.29, 0.717) is 4.48 Å². The van der Waals surface area contributed by atoms with Gasteiger partial charge in [0.25, 0.3) is 0 Å². The van der Waals surface area contributed by atoms with Gasteiger partial charge < -0.3 is 0 Å². The third-order valence-corrected chi connectivity index (χ3v) is 2.11. The molecule has 0 unspecified atom stereocenters. The van der Waals surface area contributed by atoms with Crippen LogP contribution in [0.15, 0.2) is 11.1 Å². The van der Waals surface area contributed by atoms with Gasteiger partial charge in [-0.15, -0.1) is 0 Å². The molecular weight excluding hydrogens is 232 g/mol. The van der Waals surface area contributed by atoms with E-state index in [4.69, 9.17) is 5.26 Å². The summed E-state index contributed by atoms with van der Waals surface area (Å²) < 4.78 is 24.2. The van der Waals surface area contributed by atoms with E-state index in [1.54, 1.807) is 0 Å². The van der Waals surface area contributed by atoms with E-state index in [1.165, 1.54) is 6.07 Å². The Labute approximate surface area is 74.1 Å². The zero-order valence-corrected chi connectivity index (χ0v) is 8.07. The van der Waals surface area contributed by atoms with Crippen molar-refractivity contribution in [3.63, 3.8) is 0 Å². The summed E-state index contributed by atoms with van der Waals surface area (Å²) in [6, 6.07) is 1.54. The summed E-state index contributed by atoms with van der Waals surface area (Å²) in [7, 11) is -3.43. The van der Waals surface area contributed by atoms with Crippen LogP contribution >= 0.6 is 15.9 Å². The third kappa shape index (κ3) is 6.04. The SMILES string of the molecule is C=C(Br)CNS(=O)(=O)CC#N. The number of sulfonamides is 1. The van der Waals surface area contributed by atoms with Crippen LogP contribution in [0.1, 0.15) is 0 Å². The van der Waals surface area contributed by atoms with E-state index in [9.17, 15) is 8.42 Å². The van der Waals surface area contributed by atoms with E-state index in [0.717, 1.165) is 0 Å². The Morgan fingerprint density at radius 2 is 2.27 bits per heavy atom. The number of nitriles is 1. The molecule has 0 atom stereocenters. The molecule has 0 aromatic rings. The molecule has 0 aromatic heterocycles. The highest BCUT2D eigenvalue weighted by Gasteiger charge is 2.07. The van der Waals surface area contributed by atoms with Gasteiger partial charge >= 0.3 is 0 Å². The van der Waals surface area contributed by atoms with E-state index >= 15 is 0 Å². The first-order valence-electron chi connectivity index (χ1n) is 2.65. The molecule has 0 spiro atoms. The summed E-state index contributed by atoms with van der Waals surface area (Å²) in [4.78, 5) is 0. The molecular formula is C5H7BrN2O2S. The lowest BCUT2D eigenvalue weighted by molar-refractivity contribution is 0.589. The van der Waals surface area contributed by atoms with Crippen molar-refractivity contribution >= 4 is 26.0 Å². The van der Waals surface area contributed by atoms with Crippen molar-refractivity contribution in [2.75, 3.05) is 12.3 Å². The topological polar surface area (TPSA) is 70.0 Å². The maximum atomic E-state index is 10.7. The summed E-state index contributed by atoms with van der Waals surface area (Å²) >= 11 is 2.97. The Morgan fingerprint density at radius 1 is 1.73 bits per heavy atom. The Morgan fingerprint density at radius 3 is 2.64 bits per heavy atom. The molecule has 0 aliphatic rings. The first-order chi connectivity index (χ1) is 4.98. The number of halogens is 1. The quantitative estimate of drug-likeness (QED) is 0.768. The molecule has 0 heterocycles. The zero-order valence-electron chi connectivity index (χ0n) is 5.67. The van der Waals surface area contributed by atoms with Crippen LogP contribution in [0.3, 0.4) is 0 Å². The molecule has 1 N–H and O–H groups in total. The van der Waals surface area contributed by atoms with E-state index in [1.807, 2.05) is 0 Å². The van der Waals surface area contributed by atoms with Crippen LogP contribution in [0.25, 0.3) is 0 Å². The van der Waals surface area contributed by atoms with E-state index in [2.05, 4.69) is 27.2 Å². The van der Waals surface area contributed by atoms with Gasteiger partial charge in [0, 0.05) is 11.0 Å². The molecule has 62 valence electrons. The van der Waals surface area contributed by atoms with Gasteiger partial charge in [-0.2, -0.15) is 5.26 Å². The second-order valence-corrected chi connectivity index (χ2v) is 4.68. The lowest BCUT2D eigenvalue weighted by Gasteiger charge is -1.99. The molecule has 0 fully saturated rings. The Balaban J connectivity index is 3.96. The lowest BCUT2D eigenvalue weighted by atomic mass is 10.7. The number of rotatable bonds is 4. The molecule has 0 rings (SSSR count). The van der Waals surface area contributed by atoms with Gasteiger partial charge in [0.05, 0.1) is 6.07 Å². The van der Waals surface area contributed by atoms with Crippen LogP contribution in [0, 0.1) is 11.3 Å². The smallest absolute Gasteiger partial charge is 0.211 e. The lowest BCUT2D eigenvalue weighted by Crippen LogP contribution is -2.26.